The average Bonchev–Trinajstić information content (AvgIpc) is 3.43. The van der Waals surface area contributed by atoms with Crippen LogP contribution in [-0.2, 0) is 20.9 Å². The van der Waals surface area contributed by atoms with Crippen molar-refractivity contribution in [2.45, 2.75) is 32.9 Å². The minimum atomic E-state index is -0.363. The summed E-state index contributed by atoms with van der Waals surface area (Å²) in [5, 5.41) is 7.14. The van der Waals surface area contributed by atoms with Crippen LogP contribution in [0.4, 0.5) is 5.69 Å². The fourth-order valence-corrected chi connectivity index (χ4v) is 5.48. The SMILES string of the molecule is CCOCc1c(N2CCN3C(=O)CC(=O)C3C2)cc2c(-c3ccc4ccccc4c3)cnn2c1C. The Morgan fingerprint density at radius 1 is 1.06 bits per heavy atom. The number of hydrogen-bond donors (Lipinski definition) is 0. The molecular formula is C28H28N4O3. The maximum Gasteiger partial charge on any atom is 0.230 e. The number of piperazine rings is 1. The number of hydrogen-bond acceptors (Lipinski definition) is 5. The Morgan fingerprint density at radius 3 is 2.71 bits per heavy atom. The maximum absolute atomic E-state index is 12.5. The van der Waals surface area contributed by atoms with Crippen molar-refractivity contribution in [1.29, 1.82) is 0 Å². The first-order valence-electron chi connectivity index (χ1n) is 12.2. The third-order valence-corrected chi connectivity index (χ3v) is 7.39. The Balaban J connectivity index is 1.47. The third kappa shape index (κ3) is 3.58. The summed E-state index contributed by atoms with van der Waals surface area (Å²) in [5.41, 5.74) is 6.34. The van der Waals surface area contributed by atoms with Gasteiger partial charge in [-0.3, -0.25) is 9.59 Å². The van der Waals surface area contributed by atoms with Crippen molar-refractivity contribution in [3.8, 4) is 11.1 Å². The molecule has 2 aliphatic heterocycles. The van der Waals surface area contributed by atoms with Crippen molar-refractivity contribution in [3.05, 3.63) is 66.0 Å². The van der Waals surface area contributed by atoms with Gasteiger partial charge in [0.05, 0.1) is 24.7 Å². The maximum atomic E-state index is 12.5. The summed E-state index contributed by atoms with van der Waals surface area (Å²) >= 11 is 0. The van der Waals surface area contributed by atoms with Crippen LogP contribution in [0.5, 0.6) is 0 Å². The molecule has 6 rings (SSSR count). The highest BCUT2D eigenvalue weighted by Gasteiger charge is 2.42. The molecule has 178 valence electrons. The third-order valence-electron chi connectivity index (χ3n) is 7.39. The second kappa shape index (κ2) is 8.50. The van der Waals surface area contributed by atoms with Crippen LogP contribution >= 0.6 is 0 Å². The first kappa shape index (κ1) is 21.8. The van der Waals surface area contributed by atoms with Crippen molar-refractivity contribution in [2.24, 2.45) is 0 Å². The molecule has 0 aliphatic carbocycles. The summed E-state index contributed by atoms with van der Waals surface area (Å²) in [6.07, 6.45) is 1.95. The van der Waals surface area contributed by atoms with E-state index >= 15 is 0 Å². The molecule has 0 spiro atoms. The molecule has 7 heteroatoms. The number of aryl methyl sites for hydroxylation is 1. The lowest BCUT2D eigenvalue weighted by Crippen LogP contribution is -2.53. The van der Waals surface area contributed by atoms with Crippen LogP contribution in [0.3, 0.4) is 0 Å². The number of pyridine rings is 1. The van der Waals surface area contributed by atoms with Crippen LogP contribution in [0.25, 0.3) is 27.4 Å². The zero-order valence-corrected chi connectivity index (χ0v) is 20.0. The topological polar surface area (TPSA) is 67.2 Å². The van der Waals surface area contributed by atoms with Crippen molar-refractivity contribution >= 4 is 33.7 Å². The average molecular weight is 469 g/mol. The molecule has 2 fully saturated rings. The molecule has 4 aromatic rings. The molecule has 1 atom stereocenters. The van der Waals surface area contributed by atoms with Gasteiger partial charge in [0.1, 0.15) is 6.04 Å². The molecule has 0 saturated carbocycles. The van der Waals surface area contributed by atoms with E-state index in [2.05, 4.69) is 60.4 Å². The van der Waals surface area contributed by atoms with Gasteiger partial charge in [0.2, 0.25) is 5.91 Å². The van der Waals surface area contributed by atoms with Gasteiger partial charge in [-0.2, -0.15) is 5.10 Å². The van der Waals surface area contributed by atoms with Crippen LogP contribution < -0.4 is 4.90 Å². The van der Waals surface area contributed by atoms with E-state index in [1.165, 1.54) is 10.8 Å². The van der Waals surface area contributed by atoms with Crippen LogP contribution in [0.2, 0.25) is 0 Å². The molecule has 7 nitrogen and oxygen atoms in total. The monoisotopic (exact) mass is 468 g/mol. The Kier molecular flexibility index (Phi) is 5.29. The van der Waals surface area contributed by atoms with Crippen molar-refractivity contribution in [1.82, 2.24) is 14.5 Å². The first-order chi connectivity index (χ1) is 17.0. The lowest BCUT2D eigenvalue weighted by atomic mass is 10.0. The zero-order valence-electron chi connectivity index (χ0n) is 20.0. The van der Waals surface area contributed by atoms with E-state index in [4.69, 9.17) is 9.84 Å². The van der Waals surface area contributed by atoms with E-state index in [0.29, 0.717) is 32.8 Å². The number of amides is 1. The quantitative estimate of drug-likeness (QED) is 0.415. The summed E-state index contributed by atoms with van der Waals surface area (Å²) in [7, 11) is 0. The van der Waals surface area contributed by atoms with Gasteiger partial charge in [-0.1, -0.05) is 36.4 Å². The largest absolute Gasteiger partial charge is 0.377 e. The summed E-state index contributed by atoms with van der Waals surface area (Å²) in [5.74, 6) is -0.0275. The molecule has 2 aromatic heterocycles. The van der Waals surface area contributed by atoms with Gasteiger partial charge < -0.3 is 14.5 Å². The Bertz CT molecular complexity index is 1470. The number of carbonyl (C=O) groups excluding carboxylic acids is 2. The summed E-state index contributed by atoms with van der Waals surface area (Å²) < 4.78 is 7.83. The van der Waals surface area contributed by atoms with Crippen LogP contribution in [0, 0.1) is 6.92 Å². The van der Waals surface area contributed by atoms with E-state index in [9.17, 15) is 9.59 Å². The molecule has 35 heavy (non-hydrogen) atoms. The fourth-order valence-electron chi connectivity index (χ4n) is 5.48. The predicted molar refractivity (Wildman–Crippen MR) is 136 cm³/mol. The molecule has 4 heterocycles. The van der Waals surface area contributed by atoms with E-state index in [1.807, 2.05) is 17.6 Å². The van der Waals surface area contributed by atoms with Gasteiger partial charge in [0.15, 0.2) is 5.78 Å². The second-order valence-electron chi connectivity index (χ2n) is 9.34. The lowest BCUT2D eigenvalue weighted by Gasteiger charge is -2.39. The molecule has 0 bridgehead atoms. The molecule has 1 amide bonds. The van der Waals surface area contributed by atoms with Gasteiger partial charge in [-0.15, -0.1) is 0 Å². The molecule has 2 saturated heterocycles. The van der Waals surface area contributed by atoms with Gasteiger partial charge in [-0.05, 0) is 42.3 Å². The van der Waals surface area contributed by atoms with Gasteiger partial charge in [0, 0.05) is 48.7 Å². The molecule has 1 unspecified atom stereocenters. The Hall–Kier alpha value is -3.71. The van der Waals surface area contributed by atoms with E-state index < -0.39 is 0 Å². The lowest BCUT2D eigenvalue weighted by molar-refractivity contribution is -0.129. The highest BCUT2D eigenvalue weighted by Crippen LogP contribution is 2.35. The Morgan fingerprint density at radius 2 is 1.89 bits per heavy atom. The van der Waals surface area contributed by atoms with E-state index in [1.54, 1.807) is 4.90 Å². The van der Waals surface area contributed by atoms with Crippen LogP contribution in [-0.4, -0.2) is 58.5 Å². The molecular weight excluding hydrogens is 440 g/mol. The number of ketones is 1. The molecule has 0 N–H and O–H groups in total. The van der Waals surface area contributed by atoms with Crippen molar-refractivity contribution < 1.29 is 14.3 Å². The van der Waals surface area contributed by atoms with Gasteiger partial charge >= 0.3 is 0 Å². The summed E-state index contributed by atoms with van der Waals surface area (Å²) in [6, 6.07) is 16.7. The highest BCUT2D eigenvalue weighted by molar-refractivity contribution is 6.08. The van der Waals surface area contributed by atoms with Crippen LogP contribution in [0.1, 0.15) is 24.6 Å². The molecule has 2 aliphatic rings. The van der Waals surface area contributed by atoms with E-state index in [-0.39, 0.29) is 24.2 Å². The first-order valence-corrected chi connectivity index (χ1v) is 12.2. The minimum Gasteiger partial charge on any atom is -0.377 e. The second-order valence-corrected chi connectivity index (χ2v) is 9.34. The number of fused-ring (bicyclic) bond motifs is 3. The summed E-state index contributed by atoms with van der Waals surface area (Å²) in [4.78, 5) is 28.7. The minimum absolute atomic E-state index is 0.0186. The highest BCUT2D eigenvalue weighted by atomic mass is 16.5. The fraction of sp³-hybridized carbons (Fsp3) is 0.321. The number of Topliss-reactive ketones (excluding diaryl/α,β-unsaturated/α-hetero) is 1. The number of nitrogens with zero attached hydrogens (tertiary/aromatic N) is 4. The van der Waals surface area contributed by atoms with Gasteiger partial charge in [-0.25, -0.2) is 4.52 Å². The normalized spacial score (nSPS) is 18.2. The van der Waals surface area contributed by atoms with Gasteiger partial charge in [0.25, 0.3) is 0 Å². The summed E-state index contributed by atoms with van der Waals surface area (Å²) in [6.45, 7) is 6.90. The standard InChI is InChI=1S/C28H28N4O3/c1-3-35-17-23-18(2)32-25(13-24(23)30-10-11-31-26(16-30)27(33)14-28(31)34)22(15-29-32)21-9-8-19-6-4-5-7-20(19)12-21/h4-9,12-13,15,26H,3,10-11,14,16-17H2,1-2H3. The van der Waals surface area contributed by atoms with E-state index in [0.717, 1.165) is 33.6 Å². The number of aromatic nitrogens is 2. The number of benzene rings is 2. The number of rotatable bonds is 5. The number of ether oxygens (including phenoxy) is 1. The number of anilines is 1. The van der Waals surface area contributed by atoms with Crippen LogP contribution in [0.15, 0.2) is 54.7 Å². The zero-order chi connectivity index (χ0) is 24.1. The molecule has 2 aromatic carbocycles. The molecule has 0 radical (unpaired) electrons. The smallest absolute Gasteiger partial charge is 0.230 e. The van der Waals surface area contributed by atoms with Crippen molar-refractivity contribution in [2.75, 3.05) is 31.1 Å². The Labute approximate surface area is 203 Å². The number of carbonyl (C=O) groups is 2. The predicted octanol–water partition coefficient (Wildman–Crippen LogP) is 3.99. The van der Waals surface area contributed by atoms with Crippen molar-refractivity contribution in [3.63, 3.8) is 0 Å².